The summed E-state index contributed by atoms with van der Waals surface area (Å²) < 4.78 is 0. The van der Waals surface area contributed by atoms with Crippen LogP contribution in [0.5, 0.6) is 0 Å². The highest BCUT2D eigenvalue weighted by Crippen LogP contribution is 2.24. The van der Waals surface area contributed by atoms with Crippen molar-refractivity contribution in [2.45, 2.75) is 19.6 Å². The third kappa shape index (κ3) is 2.08. The van der Waals surface area contributed by atoms with E-state index in [9.17, 15) is 4.79 Å². The fourth-order valence-corrected chi connectivity index (χ4v) is 2.09. The summed E-state index contributed by atoms with van der Waals surface area (Å²) in [6, 6.07) is 5.52. The second-order valence-corrected chi connectivity index (χ2v) is 4.01. The molecule has 1 amide bonds. The number of nitrogens with zero attached hydrogens (tertiary/aromatic N) is 2. The van der Waals surface area contributed by atoms with Gasteiger partial charge in [0.15, 0.2) is 0 Å². The summed E-state index contributed by atoms with van der Waals surface area (Å²) in [5, 5.41) is 27.1. The molecule has 17 heavy (non-hydrogen) atoms. The van der Waals surface area contributed by atoms with E-state index in [0.29, 0.717) is 24.1 Å². The molecule has 0 fully saturated rings. The molecule has 0 aromatic heterocycles. The number of hydrogen-bond donors (Lipinski definition) is 2. The first-order chi connectivity index (χ1) is 8.15. The Labute approximate surface area is 98.5 Å². The Morgan fingerprint density at radius 3 is 2.88 bits per heavy atom. The van der Waals surface area contributed by atoms with Gasteiger partial charge < -0.3 is 15.1 Å². The molecule has 2 rings (SSSR count). The topological polar surface area (TPSA) is 84.6 Å². The summed E-state index contributed by atoms with van der Waals surface area (Å²) in [6.45, 7) is 0.575. The summed E-state index contributed by atoms with van der Waals surface area (Å²) in [5.41, 5.74) is 2.88. The van der Waals surface area contributed by atoms with E-state index < -0.39 is 6.09 Å². The molecule has 1 aromatic rings. The Balaban J connectivity index is 2.44. The van der Waals surface area contributed by atoms with Crippen LogP contribution in [0, 0.1) is 11.3 Å². The van der Waals surface area contributed by atoms with Gasteiger partial charge in [-0.05, 0) is 29.2 Å². The average molecular weight is 232 g/mol. The number of aliphatic hydroxyl groups excluding tert-OH is 1. The molecule has 2 N–H and O–H groups in total. The molecule has 0 radical (unpaired) electrons. The largest absolute Gasteiger partial charge is 0.465 e. The standard InChI is InChI=1S/C12H12N2O3/c13-5-10-4-8(7-15)3-9-1-2-14(12(16)17)6-11(9)10/h3-4,15H,1-2,6-7H2,(H,16,17). The van der Waals surface area contributed by atoms with Gasteiger partial charge in [0.2, 0.25) is 0 Å². The molecular formula is C12H12N2O3. The van der Waals surface area contributed by atoms with Crippen molar-refractivity contribution in [2.24, 2.45) is 0 Å². The van der Waals surface area contributed by atoms with Crippen LogP contribution in [0.2, 0.25) is 0 Å². The Bertz CT molecular complexity index is 505. The quantitative estimate of drug-likeness (QED) is 0.759. The predicted octanol–water partition coefficient (Wildman–Crippen LogP) is 1.09. The molecule has 0 unspecified atom stereocenters. The van der Waals surface area contributed by atoms with Crippen LogP contribution >= 0.6 is 0 Å². The van der Waals surface area contributed by atoms with Gasteiger partial charge >= 0.3 is 6.09 Å². The minimum atomic E-state index is -0.967. The van der Waals surface area contributed by atoms with E-state index in [2.05, 4.69) is 6.07 Å². The molecule has 1 heterocycles. The summed E-state index contributed by atoms with van der Waals surface area (Å²) in [6.07, 6.45) is -0.379. The molecule has 1 aromatic carbocycles. The van der Waals surface area contributed by atoms with E-state index >= 15 is 0 Å². The molecule has 5 heteroatoms. The van der Waals surface area contributed by atoms with Gasteiger partial charge in [0.25, 0.3) is 0 Å². The van der Waals surface area contributed by atoms with Crippen molar-refractivity contribution in [3.63, 3.8) is 0 Å². The molecule has 0 aliphatic carbocycles. The lowest BCUT2D eigenvalue weighted by molar-refractivity contribution is 0.140. The number of rotatable bonds is 1. The molecule has 1 aliphatic heterocycles. The Morgan fingerprint density at radius 1 is 1.53 bits per heavy atom. The number of carboxylic acid groups (broad SMARTS) is 1. The van der Waals surface area contributed by atoms with Gasteiger partial charge in [0.05, 0.1) is 24.8 Å². The lowest BCUT2D eigenvalue weighted by Gasteiger charge is -2.27. The SMILES string of the molecule is N#Cc1cc(CO)cc2c1CN(C(=O)O)CC2. The zero-order valence-electron chi connectivity index (χ0n) is 9.18. The van der Waals surface area contributed by atoms with Gasteiger partial charge in [-0.25, -0.2) is 4.79 Å². The number of fused-ring (bicyclic) bond motifs is 1. The van der Waals surface area contributed by atoms with Crippen molar-refractivity contribution < 1.29 is 15.0 Å². The van der Waals surface area contributed by atoms with Crippen LogP contribution in [0.25, 0.3) is 0 Å². The molecule has 0 atom stereocenters. The molecule has 1 aliphatic rings. The van der Waals surface area contributed by atoms with Crippen LogP contribution in [0.15, 0.2) is 12.1 Å². The van der Waals surface area contributed by atoms with Crippen LogP contribution in [-0.2, 0) is 19.6 Å². The van der Waals surface area contributed by atoms with Crippen molar-refractivity contribution in [2.75, 3.05) is 6.54 Å². The van der Waals surface area contributed by atoms with Gasteiger partial charge in [-0.15, -0.1) is 0 Å². The molecule has 0 saturated carbocycles. The highest BCUT2D eigenvalue weighted by atomic mass is 16.4. The third-order valence-corrected chi connectivity index (χ3v) is 2.98. The molecular weight excluding hydrogens is 220 g/mol. The normalized spacial score (nSPS) is 14.0. The maximum absolute atomic E-state index is 10.9. The van der Waals surface area contributed by atoms with Gasteiger partial charge in [-0.1, -0.05) is 6.07 Å². The lowest BCUT2D eigenvalue weighted by atomic mass is 9.93. The van der Waals surface area contributed by atoms with E-state index in [1.165, 1.54) is 4.90 Å². The highest BCUT2D eigenvalue weighted by Gasteiger charge is 2.22. The maximum Gasteiger partial charge on any atom is 0.407 e. The Kier molecular flexibility index (Phi) is 2.98. The summed E-state index contributed by atoms with van der Waals surface area (Å²) in [4.78, 5) is 12.2. The van der Waals surface area contributed by atoms with E-state index in [0.717, 1.165) is 11.1 Å². The van der Waals surface area contributed by atoms with Crippen molar-refractivity contribution >= 4 is 6.09 Å². The molecule has 5 nitrogen and oxygen atoms in total. The van der Waals surface area contributed by atoms with E-state index in [-0.39, 0.29) is 13.2 Å². The van der Waals surface area contributed by atoms with Crippen LogP contribution in [0.3, 0.4) is 0 Å². The van der Waals surface area contributed by atoms with Crippen LogP contribution < -0.4 is 0 Å². The second-order valence-electron chi connectivity index (χ2n) is 4.01. The number of aliphatic hydroxyl groups is 1. The Morgan fingerprint density at radius 2 is 2.29 bits per heavy atom. The zero-order chi connectivity index (χ0) is 12.4. The molecule has 0 saturated heterocycles. The summed E-state index contributed by atoms with van der Waals surface area (Å²) in [5.74, 6) is 0. The zero-order valence-corrected chi connectivity index (χ0v) is 9.18. The Hall–Kier alpha value is -2.06. The first-order valence-electron chi connectivity index (χ1n) is 5.29. The molecule has 0 bridgehead atoms. The van der Waals surface area contributed by atoms with E-state index in [4.69, 9.17) is 15.5 Å². The van der Waals surface area contributed by atoms with Crippen molar-refractivity contribution in [3.8, 4) is 6.07 Å². The number of hydrogen-bond acceptors (Lipinski definition) is 3. The summed E-state index contributed by atoms with van der Waals surface area (Å²) >= 11 is 0. The van der Waals surface area contributed by atoms with Gasteiger partial charge in [-0.3, -0.25) is 0 Å². The monoisotopic (exact) mass is 232 g/mol. The minimum Gasteiger partial charge on any atom is -0.465 e. The maximum atomic E-state index is 10.9. The number of benzene rings is 1. The number of carbonyl (C=O) groups is 1. The van der Waals surface area contributed by atoms with Gasteiger partial charge in [0.1, 0.15) is 0 Å². The predicted molar refractivity (Wildman–Crippen MR) is 59.2 cm³/mol. The average Bonchev–Trinajstić information content (AvgIpc) is 2.36. The first kappa shape index (κ1) is 11.4. The molecule has 0 spiro atoms. The van der Waals surface area contributed by atoms with Gasteiger partial charge in [0, 0.05) is 6.54 Å². The van der Waals surface area contributed by atoms with E-state index in [1.807, 2.05) is 6.07 Å². The first-order valence-corrected chi connectivity index (χ1v) is 5.29. The van der Waals surface area contributed by atoms with Crippen molar-refractivity contribution in [3.05, 3.63) is 34.4 Å². The third-order valence-electron chi connectivity index (χ3n) is 2.98. The lowest BCUT2D eigenvalue weighted by Crippen LogP contribution is -2.35. The summed E-state index contributed by atoms with van der Waals surface area (Å²) in [7, 11) is 0. The van der Waals surface area contributed by atoms with Crippen molar-refractivity contribution in [1.29, 1.82) is 5.26 Å². The highest BCUT2D eigenvalue weighted by molar-refractivity contribution is 5.66. The van der Waals surface area contributed by atoms with E-state index in [1.54, 1.807) is 6.07 Å². The fourth-order valence-electron chi connectivity index (χ4n) is 2.09. The fraction of sp³-hybridized carbons (Fsp3) is 0.333. The van der Waals surface area contributed by atoms with Gasteiger partial charge in [-0.2, -0.15) is 5.26 Å². The number of nitriles is 1. The van der Waals surface area contributed by atoms with Crippen LogP contribution in [0.1, 0.15) is 22.3 Å². The molecule has 88 valence electrons. The van der Waals surface area contributed by atoms with Crippen LogP contribution in [-0.4, -0.2) is 27.8 Å². The van der Waals surface area contributed by atoms with Crippen LogP contribution in [0.4, 0.5) is 4.79 Å². The minimum absolute atomic E-state index is 0.107. The van der Waals surface area contributed by atoms with Crippen molar-refractivity contribution in [1.82, 2.24) is 4.90 Å². The number of amides is 1. The second kappa shape index (κ2) is 4.44. The smallest absolute Gasteiger partial charge is 0.407 e.